The molecule has 4 nitrogen and oxygen atoms in total. The molecule has 0 amide bonds. The molecule has 0 saturated carbocycles. The molecule has 0 radical (unpaired) electrons. The summed E-state index contributed by atoms with van der Waals surface area (Å²) in [6.07, 6.45) is 1.14. The van der Waals surface area contributed by atoms with E-state index in [0.717, 1.165) is 13.0 Å². The van der Waals surface area contributed by atoms with Crippen molar-refractivity contribution in [1.82, 2.24) is 0 Å². The first kappa shape index (κ1) is 16.8. The summed E-state index contributed by atoms with van der Waals surface area (Å²) < 4.78 is 10.5. The number of carbonyl (C=O) groups excluding carboxylic acids is 1. The first-order valence-corrected chi connectivity index (χ1v) is 7.99. The van der Waals surface area contributed by atoms with Crippen LogP contribution < -0.4 is 4.90 Å². The summed E-state index contributed by atoms with van der Waals surface area (Å²) in [5.74, 6) is 0.316. The molecule has 0 aliphatic carbocycles. The molecule has 2 rings (SSSR count). The Morgan fingerprint density at radius 2 is 2.00 bits per heavy atom. The molecule has 1 aromatic rings. The normalized spacial score (nSPS) is 19.6. The average Bonchev–Trinajstić information content (AvgIpc) is 2.44. The van der Waals surface area contributed by atoms with Crippen molar-refractivity contribution in [3.05, 3.63) is 29.8 Å². The third kappa shape index (κ3) is 4.01. The standard InChI is InChI=1S/C18H27NO3/c1-14-13-18(3,4)19(17-8-6-5-7-16(14)17)9-10-21-11-12-22-15(2)20/h5-8,14H,9-13H2,1-4H3. The molecular weight excluding hydrogens is 278 g/mol. The SMILES string of the molecule is CC(=O)OCCOCCN1c2ccccc2C(C)CC1(C)C. The first-order valence-electron chi connectivity index (χ1n) is 7.99. The number of benzene rings is 1. The molecule has 1 unspecified atom stereocenters. The number of fused-ring (bicyclic) bond motifs is 1. The fourth-order valence-electron chi connectivity index (χ4n) is 3.37. The maximum atomic E-state index is 10.7. The predicted molar refractivity (Wildman–Crippen MR) is 88.4 cm³/mol. The summed E-state index contributed by atoms with van der Waals surface area (Å²) in [7, 11) is 0. The molecule has 122 valence electrons. The van der Waals surface area contributed by atoms with E-state index in [9.17, 15) is 4.79 Å². The Bertz CT molecular complexity index is 513. The topological polar surface area (TPSA) is 38.8 Å². The highest BCUT2D eigenvalue weighted by Crippen LogP contribution is 2.42. The number of hydrogen-bond acceptors (Lipinski definition) is 4. The van der Waals surface area contributed by atoms with Crippen LogP contribution in [0.25, 0.3) is 0 Å². The molecular formula is C18H27NO3. The number of rotatable bonds is 6. The van der Waals surface area contributed by atoms with E-state index >= 15 is 0 Å². The van der Waals surface area contributed by atoms with E-state index in [1.807, 2.05) is 0 Å². The van der Waals surface area contributed by atoms with Gasteiger partial charge in [-0.15, -0.1) is 0 Å². The number of hydrogen-bond donors (Lipinski definition) is 0. The van der Waals surface area contributed by atoms with E-state index in [-0.39, 0.29) is 11.5 Å². The zero-order chi connectivity index (χ0) is 16.2. The highest BCUT2D eigenvalue weighted by atomic mass is 16.6. The Morgan fingerprint density at radius 3 is 2.73 bits per heavy atom. The Kier molecular flexibility index (Phi) is 5.46. The average molecular weight is 305 g/mol. The van der Waals surface area contributed by atoms with Crippen LogP contribution in [0.1, 0.15) is 45.6 Å². The van der Waals surface area contributed by atoms with Crippen molar-refractivity contribution in [2.45, 2.75) is 45.6 Å². The Morgan fingerprint density at radius 1 is 1.27 bits per heavy atom. The molecule has 1 aromatic carbocycles. The van der Waals surface area contributed by atoms with Crippen LogP contribution in [0.4, 0.5) is 5.69 Å². The van der Waals surface area contributed by atoms with Gasteiger partial charge in [0.05, 0.1) is 13.2 Å². The van der Waals surface area contributed by atoms with Crippen LogP contribution in [0, 0.1) is 0 Å². The number of esters is 1. The van der Waals surface area contributed by atoms with Gasteiger partial charge < -0.3 is 14.4 Å². The van der Waals surface area contributed by atoms with Crippen molar-refractivity contribution < 1.29 is 14.3 Å². The molecule has 0 aromatic heterocycles. The second kappa shape index (κ2) is 7.14. The van der Waals surface area contributed by atoms with Gasteiger partial charge in [-0.25, -0.2) is 0 Å². The lowest BCUT2D eigenvalue weighted by Crippen LogP contribution is -2.49. The van der Waals surface area contributed by atoms with Gasteiger partial charge in [0.25, 0.3) is 0 Å². The number of ether oxygens (including phenoxy) is 2. The first-order chi connectivity index (χ1) is 10.4. The van der Waals surface area contributed by atoms with E-state index < -0.39 is 0 Å². The third-order valence-corrected chi connectivity index (χ3v) is 4.29. The molecule has 0 saturated heterocycles. The van der Waals surface area contributed by atoms with Crippen molar-refractivity contribution in [2.75, 3.05) is 31.3 Å². The number of carbonyl (C=O) groups is 1. The molecule has 0 spiro atoms. The molecule has 1 aliphatic heterocycles. The molecule has 0 N–H and O–H groups in total. The third-order valence-electron chi connectivity index (χ3n) is 4.29. The van der Waals surface area contributed by atoms with Crippen molar-refractivity contribution >= 4 is 11.7 Å². The van der Waals surface area contributed by atoms with Crippen LogP contribution in [0.2, 0.25) is 0 Å². The summed E-state index contributed by atoms with van der Waals surface area (Å²) in [5, 5.41) is 0. The Labute approximate surface area is 133 Å². The lowest BCUT2D eigenvalue weighted by molar-refractivity contribution is -0.142. The van der Waals surface area contributed by atoms with Gasteiger partial charge >= 0.3 is 5.97 Å². The summed E-state index contributed by atoms with van der Waals surface area (Å²) >= 11 is 0. The van der Waals surface area contributed by atoms with Crippen LogP contribution in [-0.2, 0) is 14.3 Å². The summed E-state index contributed by atoms with van der Waals surface area (Å²) in [6.45, 7) is 10.5. The predicted octanol–water partition coefficient (Wildman–Crippen LogP) is 3.36. The number of nitrogens with zero attached hydrogens (tertiary/aromatic N) is 1. The van der Waals surface area contributed by atoms with Crippen molar-refractivity contribution in [2.24, 2.45) is 0 Å². The van der Waals surface area contributed by atoms with Crippen LogP contribution >= 0.6 is 0 Å². The lowest BCUT2D eigenvalue weighted by atomic mass is 9.80. The monoisotopic (exact) mass is 305 g/mol. The van der Waals surface area contributed by atoms with Gasteiger partial charge in [0.1, 0.15) is 6.61 Å². The van der Waals surface area contributed by atoms with Crippen LogP contribution in [0.5, 0.6) is 0 Å². The van der Waals surface area contributed by atoms with E-state index in [2.05, 4.69) is 49.9 Å². The zero-order valence-electron chi connectivity index (χ0n) is 14.1. The smallest absolute Gasteiger partial charge is 0.302 e. The van der Waals surface area contributed by atoms with Crippen molar-refractivity contribution in [3.8, 4) is 0 Å². The summed E-state index contributed by atoms with van der Waals surface area (Å²) in [5.41, 5.74) is 2.85. The quantitative estimate of drug-likeness (QED) is 0.597. The number of anilines is 1. The Hall–Kier alpha value is -1.55. The largest absolute Gasteiger partial charge is 0.463 e. The van der Waals surface area contributed by atoms with Gasteiger partial charge in [-0.1, -0.05) is 25.1 Å². The highest BCUT2D eigenvalue weighted by molar-refractivity contribution is 5.65. The van der Waals surface area contributed by atoms with Gasteiger partial charge in [-0.3, -0.25) is 4.79 Å². The maximum absolute atomic E-state index is 10.7. The van der Waals surface area contributed by atoms with Crippen LogP contribution in [0.3, 0.4) is 0 Å². The zero-order valence-corrected chi connectivity index (χ0v) is 14.1. The summed E-state index contributed by atoms with van der Waals surface area (Å²) in [6, 6.07) is 8.64. The lowest BCUT2D eigenvalue weighted by Gasteiger charge is -2.47. The molecule has 1 aliphatic rings. The van der Waals surface area contributed by atoms with Gasteiger partial charge in [-0.05, 0) is 37.8 Å². The minimum Gasteiger partial charge on any atom is -0.463 e. The minimum atomic E-state index is -0.260. The highest BCUT2D eigenvalue weighted by Gasteiger charge is 2.35. The van der Waals surface area contributed by atoms with E-state index in [1.165, 1.54) is 18.2 Å². The molecule has 1 heterocycles. The molecule has 1 atom stereocenters. The second-order valence-corrected chi connectivity index (χ2v) is 6.58. The molecule has 22 heavy (non-hydrogen) atoms. The minimum absolute atomic E-state index is 0.118. The van der Waals surface area contributed by atoms with Gasteiger partial charge in [0, 0.05) is 24.7 Å². The maximum Gasteiger partial charge on any atom is 0.302 e. The number of para-hydroxylation sites is 1. The van der Waals surface area contributed by atoms with E-state index in [4.69, 9.17) is 9.47 Å². The van der Waals surface area contributed by atoms with Gasteiger partial charge in [-0.2, -0.15) is 0 Å². The molecule has 0 fully saturated rings. The second-order valence-electron chi connectivity index (χ2n) is 6.58. The van der Waals surface area contributed by atoms with E-state index in [0.29, 0.717) is 25.7 Å². The molecule has 4 heteroatoms. The van der Waals surface area contributed by atoms with Crippen LogP contribution in [0.15, 0.2) is 24.3 Å². The van der Waals surface area contributed by atoms with Crippen molar-refractivity contribution in [3.63, 3.8) is 0 Å². The van der Waals surface area contributed by atoms with E-state index in [1.54, 1.807) is 0 Å². The molecule has 0 bridgehead atoms. The van der Waals surface area contributed by atoms with Gasteiger partial charge in [0.15, 0.2) is 0 Å². The summed E-state index contributed by atoms with van der Waals surface area (Å²) in [4.78, 5) is 13.1. The van der Waals surface area contributed by atoms with Gasteiger partial charge in [0.2, 0.25) is 0 Å². The fraction of sp³-hybridized carbons (Fsp3) is 0.611. The fourth-order valence-corrected chi connectivity index (χ4v) is 3.37. The van der Waals surface area contributed by atoms with Crippen LogP contribution in [-0.4, -0.2) is 37.9 Å². The van der Waals surface area contributed by atoms with Crippen molar-refractivity contribution in [1.29, 1.82) is 0 Å². The Balaban J connectivity index is 1.94.